The maximum absolute atomic E-state index is 13.6. The first-order valence-electron chi connectivity index (χ1n) is 8.18. The Labute approximate surface area is 149 Å². The van der Waals surface area contributed by atoms with Crippen molar-refractivity contribution in [1.82, 2.24) is 15.3 Å². The highest BCUT2D eigenvalue weighted by Crippen LogP contribution is 2.16. The molecule has 0 radical (unpaired) electrons. The number of carbonyl (C=O) groups is 1. The molecule has 2 N–H and O–H groups in total. The van der Waals surface area contributed by atoms with E-state index in [9.17, 15) is 13.6 Å². The third kappa shape index (κ3) is 4.63. The second-order valence-corrected chi connectivity index (χ2v) is 5.82. The van der Waals surface area contributed by atoms with Gasteiger partial charge < -0.3 is 20.3 Å². The van der Waals surface area contributed by atoms with Crippen LogP contribution in [0.2, 0.25) is 0 Å². The van der Waals surface area contributed by atoms with Gasteiger partial charge in [0.05, 0.1) is 25.4 Å². The number of anilines is 2. The van der Waals surface area contributed by atoms with E-state index in [4.69, 9.17) is 4.74 Å². The van der Waals surface area contributed by atoms with Gasteiger partial charge in [-0.1, -0.05) is 0 Å². The minimum atomic E-state index is -0.846. The van der Waals surface area contributed by atoms with Crippen molar-refractivity contribution in [3.63, 3.8) is 0 Å². The van der Waals surface area contributed by atoms with Crippen molar-refractivity contribution >= 4 is 17.5 Å². The molecule has 0 saturated carbocycles. The van der Waals surface area contributed by atoms with Gasteiger partial charge in [-0.2, -0.15) is 0 Å². The third-order valence-corrected chi connectivity index (χ3v) is 3.81. The number of carbonyl (C=O) groups excluding carboxylic acids is 1. The van der Waals surface area contributed by atoms with Crippen LogP contribution in [0, 0.1) is 18.6 Å². The van der Waals surface area contributed by atoms with Crippen LogP contribution in [0.3, 0.4) is 0 Å². The number of morpholine rings is 1. The lowest BCUT2D eigenvalue weighted by Gasteiger charge is -2.28. The molecule has 0 aliphatic carbocycles. The lowest BCUT2D eigenvalue weighted by atomic mass is 10.3. The molecule has 1 aromatic heterocycles. The molecular weight excluding hydrogens is 344 g/mol. The van der Waals surface area contributed by atoms with Crippen LogP contribution in [0.25, 0.3) is 0 Å². The Morgan fingerprint density at radius 2 is 2.00 bits per heavy atom. The van der Waals surface area contributed by atoms with Crippen LogP contribution in [-0.2, 0) is 11.3 Å². The Morgan fingerprint density at radius 1 is 1.23 bits per heavy atom. The van der Waals surface area contributed by atoms with Gasteiger partial charge in [0, 0.05) is 30.9 Å². The minimum absolute atomic E-state index is 0.0771. The van der Waals surface area contributed by atoms with Gasteiger partial charge in [-0.3, -0.25) is 0 Å². The van der Waals surface area contributed by atoms with Crippen LogP contribution in [0.1, 0.15) is 11.5 Å². The number of nitrogens with one attached hydrogen (secondary N) is 2. The summed E-state index contributed by atoms with van der Waals surface area (Å²) in [5.74, 6) is -0.331. The van der Waals surface area contributed by atoms with Gasteiger partial charge in [0.1, 0.15) is 23.3 Å². The summed E-state index contributed by atoms with van der Waals surface area (Å²) >= 11 is 0. The number of hydrogen-bond donors (Lipinski definition) is 2. The Kier molecular flexibility index (Phi) is 5.57. The first-order valence-corrected chi connectivity index (χ1v) is 8.18. The van der Waals surface area contributed by atoms with Crippen LogP contribution < -0.4 is 15.5 Å². The maximum atomic E-state index is 13.6. The minimum Gasteiger partial charge on any atom is -0.378 e. The van der Waals surface area contributed by atoms with E-state index in [1.54, 1.807) is 0 Å². The van der Waals surface area contributed by atoms with Gasteiger partial charge >= 0.3 is 6.03 Å². The Balaban J connectivity index is 1.61. The van der Waals surface area contributed by atoms with Crippen molar-refractivity contribution in [2.45, 2.75) is 13.5 Å². The summed E-state index contributed by atoms with van der Waals surface area (Å²) in [5.41, 5.74) is 0.673. The van der Waals surface area contributed by atoms with E-state index in [0.717, 1.165) is 36.7 Å². The zero-order valence-electron chi connectivity index (χ0n) is 14.3. The van der Waals surface area contributed by atoms with Gasteiger partial charge in [-0.05, 0) is 19.1 Å². The van der Waals surface area contributed by atoms with Crippen molar-refractivity contribution in [2.75, 3.05) is 36.5 Å². The molecule has 0 unspecified atom stereocenters. The molecule has 1 fully saturated rings. The third-order valence-electron chi connectivity index (χ3n) is 3.81. The SMILES string of the molecule is Cc1cc(N2CCOCC2)nc(CNC(=O)Nc2ccc(F)cc2F)n1. The zero-order valence-corrected chi connectivity index (χ0v) is 14.3. The summed E-state index contributed by atoms with van der Waals surface area (Å²) in [7, 11) is 0. The van der Waals surface area contributed by atoms with E-state index in [2.05, 4.69) is 25.5 Å². The van der Waals surface area contributed by atoms with E-state index in [1.807, 2.05) is 13.0 Å². The van der Waals surface area contributed by atoms with Crippen molar-refractivity contribution in [3.8, 4) is 0 Å². The van der Waals surface area contributed by atoms with Gasteiger partial charge in [-0.15, -0.1) is 0 Å². The molecule has 0 atom stereocenters. The predicted octanol–water partition coefficient (Wildman–Crippen LogP) is 2.22. The van der Waals surface area contributed by atoms with E-state index < -0.39 is 17.7 Å². The van der Waals surface area contributed by atoms with Gasteiger partial charge in [0.15, 0.2) is 0 Å². The number of halogens is 2. The number of benzene rings is 1. The second kappa shape index (κ2) is 8.05. The molecule has 138 valence electrons. The molecule has 1 aliphatic heterocycles. The summed E-state index contributed by atoms with van der Waals surface area (Å²) in [5, 5.41) is 4.89. The maximum Gasteiger partial charge on any atom is 0.319 e. The molecule has 0 bridgehead atoms. The number of ether oxygens (including phenoxy) is 1. The van der Waals surface area contributed by atoms with Crippen LogP contribution >= 0.6 is 0 Å². The van der Waals surface area contributed by atoms with Crippen LogP contribution in [-0.4, -0.2) is 42.3 Å². The fourth-order valence-corrected chi connectivity index (χ4v) is 2.56. The Hall–Kier alpha value is -2.81. The number of rotatable bonds is 4. The Morgan fingerprint density at radius 3 is 2.73 bits per heavy atom. The quantitative estimate of drug-likeness (QED) is 0.871. The zero-order chi connectivity index (χ0) is 18.5. The smallest absolute Gasteiger partial charge is 0.319 e. The molecule has 3 rings (SSSR count). The lowest BCUT2D eigenvalue weighted by molar-refractivity contribution is 0.122. The van der Waals surface area contributed by atoms with Crippen molar-refractivity contribution in [2.24, 2.45) is 0 Å². The fraction of sp³-hybridized carbons (Fsp3) is 0.353. The molecule has 1 aliphatic rings. The van der Waals surface area contributed by atoms with Crippen molar-refractivity contribution in [1.29, 1.82) is 0 Å². The highest BCUT2D eigenvalue weighted by atomic mass is 19.1. The van der Waals surface area contributed by atoms with Crippen molar-refractivity contribution in [3.05, 3.63) is 47.4 Å². The fourth-order valence-electron chi connectivity index (χ4n) is 2.56. The van der Waals surface area contributed by atoms with E-state index in [-0.39, 0.29) is 12.2 Å². The summed E-state index contributed by atoms with van der Waals surface area (Å²) in [6.45, 7) is 4.70. The topological polar surface area (TPSA) is 79.4 Å². The highest BCUT2D eigenvalue weighted by Gasteiger charge is 2.15. The molecule has 2 heterocycles. The summed E-state index contributed by atoms with van der Waals surface area (Å²) in [6, 6.07) is 4.17. The molecule has 0 spiro atoms. The van der Waals surface area contributed by atoms with Crippen molar-refractivity contribution < 1.29 is 18.3 Å². The van der Waals surface area contributed by atoms with E-state index in [0.29, 0.717) is 25.1 Å². The molecule has 26 heavy (non-hydrogen) atoms. The molecule has 9 heteroatoms. The number of nitrogens with zero attached hydrogens (tertiary/aromatic N) is 3. The number of aryl methyl sites for hydroxylation is 1. The van der Waals surface area contributed by atoms with Crippen LogP contribution in [0.4, 0.5) is 25.1 Å². The van der Waals surface area contributed by atoms with E-state index >= 15 is 0 Å². The molecular formula is C17H19F2N5O2. The Bertz CT molecular complexity index is 797. The average Bonchev–Trinajstić information content (AvgIpc) is 2.63. The lowest BCUT2D eigenvalue weighted by Crippen LogP contribution is -2.37. The predicted molar refractivity (Wildman–Crippen MR) is 92.0 cm³/mol. The molecule has 1 aromatic carbocycles. The first-order chi connectivity index (χ1) is 12.5. The summed E-state index contributed by atoms with van der Waals surface area (Å²) in [4.78, 5) is 22.8. The number of amides is 2. The first kappa shape index (κ1) is 18.0. The number of aromatic nitrogens is 2. The van der Waals surface area contributed by atoms with Gasteiger partial charge in [0.2, 0.25) is 0 Å². The average molecular weight is 363 g/mol. The summed E-state index contributed by atoms with van der Waals surface area (Å²) in [6.07, 6.45) is 0. The molecule has 7 nitrogen and oxygen atoms in total. The molecule has 2 amide bonds. The molecule has 1 saturated heterocycles. The van der Waals surface area contributed by atoms with E-state index in [1.165, 1.54) is 0 Å². The monoisotopic (exact) mass is 363 g/mol. The number of urea groups is 1. The van der Waals surface area contributed by atoms with Gasteiger partial charge in [0.25, 0.3) is 0 Å². The number of hydrogen-bond acceptors (Lipinski definition) is 5. The largest absolute Gasteiger partial charge is 0.378 e. The normalized spacial score (nSPS) is 14.2. The highest BCUT2D eigenvalue weighted by molar-refractivity contribution is 5.89. The van der Waals surface area contributed by atoms with Crippen LogP contribution in [0.15, 0.2) is 24.3 Å². The standard InChI is InChI=1S/C17H19F2N5O2/c1-11-8-16(24-4-6-26-7-5-24)23-15(21-11)10-20-17(25)22-14-3-2-12(18)9-13(14)19/h2-3,8-9H,4-7,10H2,1H3,(H2,20,22,25). The van der Waals surface area contributed by atoms with Gasteiger partial charge in [-0.25, -0.2) is 23.5 Å². The summed E-state index contributed by atoms with van der Waals surface area (Å²) < 4.78 is 31.8. The second-order valence-electron chi connectivity index (χ2n) is 5.82. The molecule has 2 aromatic rings. The van der Waals surface area contributed by atoms with Crippen LogP contribution in [0.5, 0.6) is 0 Å².